The highest BCUT2D eigenvalue weighted by atomic mass is 16.6. The van der Waals surface area contributed by atoms with Gasteiger partial charge in [-0.25, -0.2) is 4.98 Å². The third kappa shape index (κ3) is 5.26. The van der Waals surface area contributed by atoms with Crippen LogP contribution in [0.2, 0.25) is 0 Å². The van der Waals surface area contributed by atoms with Gasteiger partial charge in [0.1, 0.15) is 6.10 Å². The van der Waals surface area contributed by atoms with Gasteiger partial charge in [0.15, 0.2) is 0 Å². The maximum absolute atomic E-state index is 12.3. The number of nitro benzene ring substituents is 1. The number of aryl methyl sites for hydroxylation is 1. The Hall–Kier alpha value is -2.96. The molecule has 0 atom stereocenters. The predicted octanol–water partition coefficient (Wildman–Crippen LogP) is 3.35. The van der Waals surface area contributed by atoms with Crippen molar-refractivity contribution >= 4 is 11.6 Å². The van der Waals surface area contributed by atoms with Crippen molar-refractivity contribution in [1.29, 1.82) is 0 Å². The first-order valence-corrected chi connectivity index (χ1v) is 9.12. The van der Waals surface area contributed by atoms with Crippen molar-refractivity contribution in [3.05, 3.63) is 63.8 Å². The van der Waals surface area contributed by atoms with E-state index in [1.165, 1.54) is 6.07 Å². The van der Waals surface area contributed by atoms with Crippen LogP contribution in [0.1, 0.15) is 36.8 Å². The fourth-order valence-corrected chi connectivity index (χ4v) is 3.31. The van der Waals surface area contributed by atoms with Crippen molar-refractivity contribution < 1.29 is 14.5 Å². The number of carbonyl (C=O) groups excluding carboxylic acids is 1. The summed E-state index contributed by atoms with van der Waals surface area (Å²) in [6.45, 7) is 1.98. The summed E-state index contributed by atoms with van der Waals surface area (Å²) in [5.41, 5.74) is 1.50. The van der Waals surface area contributed by atoms with Gasteiger partial charge >= 0.3 is 0 Å². The molecule has 0 saturated heterocycles. The lowest BCUT2D eigenvalue weighted by atomic mass is 9.92. The van der Waals surface area contributed by atoms with Crippen LogP contribution in [-0.2, 0) is 11.2 Å². The molecule has 1 aliphatic rings. The number of rotatable bonds is 6. The number of hydrogen-bond donors (Lipinski definition) is 1. The number of nitrogens with one attached hydrogen (secondary N) is 1. The Morgan fingerprint density at radius 1 is 1.22 bits per heavy atom. The highest BCUT2D eigenvalue weighted by Gasteiger charge is 2.24. The molecule has 0 spiro atoms. The number of benzene rings is 1. The van der Waals surface area contributed by atoms with E-state index in [0.29, 0.717) is 11.4 Å². The molecule has 1 heterocycles. The Kier molecular flexibility index (Phi) is 6.01. The lowest BCUT2D eigenvalue weighted by Crippen LogP contribution is -2.40. The van der Waals surface area contributed by atoms with E-state index in [-0.39, 0.29) is 30.2 Å². The molecule has 0 unspecified atom stereocenters. The van der Waals surface area contributed by atoms with Gasteiger partial charge in [-0.3, -0.25) is 14.9 Å². The maximum Gasteiger partial charge on any atom is 0.273 e. The summed E-state index contributed by atoms with van der Waals surface area (Å²) in [5.74, 6) is 0.443. The molecule has 2 aromatic rings. The SMILES string of the molecule is Cc1ccc(OC2CCC(NC(=O)Cc3ccccc3[N+](=O)[O-])CC2)nc1. The summed E-state index contributed by atoms with van der Waals surface area (Å²) < 4.78 is 5.90. The van der Waals surface area contributed by atoms with Crippen LogP contribution in [0, 0.1) is 17.0 Å². The van der Waals surface area contributed by atoms with Crippen LogP contribution in [0.25, 0.3) is 0 Å². The van der Waals surface area contributed by atoms with E-state index in [4.69, 9.17) is 4.74 Å². The van der Waals surface area contributed by atoms with Gasteiger partial charge in [-0.1, -0.05) is 24.3 Å². The monoisotopic (exact) mass is 369 g/mol. The quantitative estimate of drug-likeness (QED) is 0.622. The zero-order valence-electron chi connectivity index (χ0n) is 15.3. The summed E-state index contributed by atoms with van der Waals surface area (Å²) in [5, 5.41) is 14.0. The Morgan fingerprint density at radius 2 is 1.96 bits per heavy atom. The van der Waals surface area contributed by atoms with Crippen molar-refractivity contribution in [2.45, 2.75) is 51.2 Å². The number of pyridine rings is 1. The molecule has 1 aromatic carbocycles. The molecule has 3 rings (SSSR count). The van der Waals surface area contributed by atoms with Gasteiger partial charge in [0, 0.05) is 29.9 Å². The zero-order valence-corrected chi connectivity index (χ0v) is 15.3. The molecule has 7 heteroatoms. The molecule has 1 aliphatic carbocycles. The van der Waals surface area contributed by atoms with E-state index in [9.17, 15) is 14.9 Å². The topological polar surface area (TPSA) is 94.4 Å². The van der Waals surface area contributed by atoms with E-state index in [2.05, 4.69) is 10.3 Å². The number of nitrogens with zero attached hydrogens (tertiary/aromatic N) is 2. The van der Waals surface area contributed by atoms with E-state index >= 15 is 0 Å². The number of ether oxygens (including phenoxy) is 1. The second-order valence-corrected chi connectivity index (χ2v) is 6.90. The van der Waals surface area contributed by atoms with Crippen molar-refractivity contribution in [2.24, 2.45) is 0 Å². The van der Waals surface area contributed by atoms with Gasteiger partial charge in [-0.05, 0) is 38.2 Å². The number of hydrogen-bond acceptors (Lipinski definition) is 5. The lowest BCUT2D eigenvalue weighted by Gasteiger charge is -2.29. The first kappa shape index (κ1) is 18.8. The molecule has 7 nitrogen and oxygen atoms in total. The predicted molar refractivity (Wildman–Crippen MR) is 101 cm³/mol. The zero-order chi connectivity index (χ0) is 19.2. The number of amides is 1. The molecule has 1 saturated carbocycles. The first-order valence-electron chi connectivity index (χ1n) is 9.12. The van der Waals surface area contributed by atoms with E-state index in [0.717, 1.165) is 31.2 Å². The van der Waals surface area contributed by atoms with E-state index in [1.807, 2.05) is 19.1 Å². The second-order valence-electron chi connectivity index (χ2n) is 6.90. The molecule has 1 amide bonds. The summed E-state index contributed by atoms with van der Waals surface area (Å²) in [6.07, 6.45) is 5.21. The highest BCUT2D eigenvalue weighted by Crippen LogP contribution is 2.23. The molecule has 0 bridgehead atoms. The van der Waals surface area contributed by atoms with Crippen LogP contribution in [0.15, 0.2) is 42.6 Å². The molecule has 27 heavy (non-hydrogen) atoms. The lowest BCUT2D eigenvalue weighted by molar-refractivity contribution is -0.385. The van der Waals surface area contributed by atoms with Crippen LogP contribution >= 0.6 is 0 Å². The van der Waals surface area contributed by atoms with Crippen LogP contribution in [0.3, 0.4) is 0 Å². The average molecular weight is 369 g/mol. The number of carbonyl (C=O) groups is 1. The van der Waals surface area contributed by atoms with Crippen molar-refractivity contribution in [3.63, 3.8) is 0 Å². The third-order valence-corrected chi connectivity index (χ3v) is 4.75. The Bertz CT molecular complexity index is 799. The van der Waals surface area contributed by atoms with Crippen LogP contribution in [0.4, 0.5) is 5.69 Å². The molecule has 1 aromatic heterocycles. The summed E-state index contributed by atoms with van der Waals surface area (Å²) >= 11 is 0. The van der Waals surface area contributed by atoms with Crippen LogP contribution in [-0.4, -0.2) is 28.0 Å². The molecule has 0 radical (unpaired) electrons. The van der Waals surface area contributed by atoms with E-state index < -0.39 is 4.92 Å². The average Bonchev–Trinajstić information content (AvgIpc) is 2.65. The van der Waals surface area contributed by atoms with Crippen molar-refractivity contribution in [2.75, 3.05) is 0 Å². The fraction of sp³-hybridized carbons (Fsp3) is 0.400. The van der Waals surface area contributed by atoms with Gasteiger partial charge in [-0.15, -0.1) is 0 Å². The van der Waals surface area contributed by atoms with Crippen molar-refractivity contribution in [3.8, 4) is 5.88 Å². The summed E-state index contributed by atoms with van der Waals surface area (Å²) in [7, 11) is 0. The molecule has 0 aliphatic heterocycles. The van der Waals surface area contributed by atoms with Gasteiger partial charge in [-0.2, -0.15) is 0 Å². The number of para-hydroxylation sites is 1. The molecule has 1 fully saturated rings. The Balaban J connectivity index is 1.47. The minimum Gasteiger partial charge on any atom is -0.474 e. The number of aromatic nitrogens is 1. The normalized spacial score (nSPS) is 19.3. The first-order chi connectivity index (χ1) is 13.0. The fourth-order valence-electron chi connectivity index (χ4n) is 3.31. The van der Waals surface area contributed by atoms with Gasteiger partial charge in [0.05, 0.1) is 11.3 Å². The number of nitro groups is 1. The summed E-state index contributed by atoms with van der Waals surface area (Å²) in [4.78, 5) is 27.1. The van der Waals surface area contributed by atoms with Crippen LogP contribution in [0.5, 0.6) is 5.88 Å². The smallest absolute Gasteiger partial charge is 0.273 e. The third-order valence-electron chi connectivity index (χ3n) is 4.75. The Morgan fingerprint density at radius 3 is 2.63 bits per heavy atom. The minimum atomic E-state index is -0.454. The molecule has 142 valence electrons. The van der Waals surface area contributed by atoms with Gasteiger partial charge < -0.3 is 10.1 Å². The summed E-state index contributed by atoms with van der Waals surface area (Å²) in [6, 6.07) is 10.3. The van der Waals surface area contributed by atoms with E-state index in [1.54, 1.807) is 24.4 Å². The maximum atomic E-state index is 12.3. The molecular weight excluding hydrogens is 346 g/mol. The Labute approximate surface area is 157 Å². The standard InChI is InChI=1S/C20H23N3O4/c1-14-6-11-20(21-13-14)27-17-9-7-16(8-10-17)22-19(24)12-15-4-2-3-5-18(15)23(25)26/h2-6,11,13,16-17H,7-10,12H2,1H3,(H,22,24). The van der Waals surface area contributed by atoms with Gasteiger partial charge in [0.25, 0.3) is 5.69 Å². The van der Waals surface area contributed by atoms with Crippen molar-refractivity contribution in [1.82, 2.24) is 10.3 Å². The molecule has 1 N–H and O–H groups in total. The van der Waals surface area contributed by atoms with Crippen LogP contribution < -0.4 is 10.1 Å². The largest absolute Gasteiger partial charge is 0.474 e. The molecular formula is C20H23N3O4. The van der Waals surface area contributed by atoms with Gasteiger partial charge in [0.2, 0.25) is 11.8 Å². The second kappa shape index (κ2) is 8.62. The minimum absolute atomic E-state index is 0.0148. The highest BCUT2D eigenvalue weighted by molar-refractivity contribution is 5.80.